The SMILES string of the molecule is Cl.NC/C(=N\OCC(F)(F)F)c1ncc(Cl)cc1Cl. The van der Waals surface area contributed by atoms with E-state index < -0.39 is 12.8 Å². The molecule has 10 heteroatoms. The normalized spacial score (nSPS) is 12.0. The smallest absolute Gasteiger partial charge is 0.386 e. The number of oxime groups is 1. The minimum Gasteiger partial charge on any atom is -0.386 e. The zero-order valence-corrected chi connectivity index (χ0v) is 11.6. The molecular formula is C9H9Cl3F3N3O. The van der Waals surface area contributed by atoms with Crippen LogP contribution in [0.5, 0.6) is 0 Å². The number of alkyl halides is 3. The first-order chi connectivity index (χ1) is 8.33. The molecular weight excluding hydrogens is 329 g/mol. The maximum Gasteiger partial charge on any atom is 0.425 e. The standard InChI is InChI=1S/C9H8Cl2F3N3O.ClH/c10-5-1-6(11)8(16-3-5)7(2-15)17-18-4-9(12,13)14;/h1,3H,2,4,15H2;1H/b17-7+;. The number of aromatic nitrogens is 1. The van der Waals surface area contributed by atoms with Crippen molar-refractivity contribution in [2.24, 2.45) is 10.9 Å². The highest BCUT2D eigenvalue weighted by Gasteiger charge is 2.28. The summed E-state index contributed by atoms with van der Waals surface area (Å²) in [7, 11) is 0. The first kappa shape index (κ1) is 18.2. The molecule has 1 rings (SSSR count). The lowest BCUT2D eigenvalue weighted by atomic mass is 10.2. The Morgan fingerprint density at radius 1 is 1.42 bits per heavy atom. The van der Waals surface area contributed by atoms with Crippen LogP contribution in [-0.4, -0.2) is 30.0 Å². The van der Waals surface area contributed by atoms with Crippen molar-refractivity contribution in [1.82, 2.24) is 4.98 Å². The predicted octanol–water partition coefficient (Wildman–Crippen LogP) is 3.05. The predicted molar refractivity (Wildman–Crippen MR) is 69.1 cm³/mol. The molecule has 1 aromatic rings. The molecule has 108 valence electrons. The summed E-state index contributed by atoms with van der Waals surface area (Å²) in [6.07, 6.45) is -3.20. The van der Waals surface area contributed by atoms with Crippen molar-refractivity contribution in [2.45, 2.75) is 6.18 Å². The zero-order chi connectivity index (χ0) is 13.8. The van der Waals surface area contributed by atoms with E-state index in [1.54, 1.807) is 0 Å². The van der Waals surface area contributed by atoms with Gasteiger partial charge in [0.05, 0.1) is 10.0 Å². The van der Waals surface area contributed by atoms with Gasteiger partial charge >= 0.3 is 6.18 Å². The van der Waals surface area contributed by atoms with Crippen molar-refractivity contribution >= 4 is 41.3 Å². The third-order valence-electron chi connectivity index (χ3n) is 1.68. The van der Waals surface area contributed by atoms with Crippen LogP contribution in [0, 0.1) is 0 Å². The van der Waals surface area contributed by atoms with Gasteiger partial charge in [0, 0.05) is 12.7 Å². The summed E-state index contributed by atoms with van der Waals surface area (Å²) in [6, 6.07) is 1.38. The molecule has 0 saturated carbocycles. The third-order valence-corrected chi connectivity index (χ3v) is 2.17. The lowest BCUT2D eigenvalue weighted by molar-refractivity contribution is -0.173. The molecule has 19 heavy (non-hydrogen) atoms. The summed E-state index contributed by atoms with van der Waals surface area (Å²) in [6.45, 7) is -1.69. The van der Waals surface area contributed by atoms with Crippen LogP contribution in [0.4, 0.5) is 13.2 Å². The van der Waals surface area contributed by atoms with E-state index in [0.29, 0.717) is 0 Å². The van der Waals surface area contributed by atoms with E-state index in [2.05, 4.69) is 15.0 Å². The van der Waals surface area contributed by atoms with E-state index in [-0.39, 0.29) is 40.4 Å². The summed E-state index contributed by atoms with van der Waals surface area (Å²) in [5.41, 5.74) is 5.47. The summed E-state index contributed by atoms with van der Waals surface area (Å²) < 4.78 is 35.6. The summed E-state index contributed by atoms with van der Waals surface area (Å²) in [4.78, 5) is 7.97. The average molecular weight is 339 g/mol. The molecule has 0 aliphatic rings. The fourth-order valence-electron chi connectivity index (χ4n) is 0.987. The number of nitrogens with two attached hydrogens (primary N) is 1. The highest BCUT2D eigenvalue weighted by molar-refractivity contribution is 6.36. The van der Waals surface area contributed by atoms with E-state index >= 15 is 0 Å². The summed E-state index contributed by atoms with van der Waals surface area (Å²) >= 11 is 11.4. The van der Waals surface area contributed by atoms with Gasteiger partial charge in [0.25, 0.3) is 0 Å². The Labute approximate surface area is 123 Å². The molecule has 0 aliphatic heterocycles. The highest BCUT2D eigenvalue weighted by atomic mass is 35.5. The van der Waals surface area contributed by atoms with Crippen molar-refractivity contribution in [3.8, 4) is 0 Å². The quantitative estimate of drug-likeness (QED) is 0.678. The number of hydrogen-bond acceptors (Lipinski definition) is 4. The lowest BCUT2D eigenvalue weighted by Gasteiger charge is -2.07. The van der Waals surface area contributed by atoms with Gasteiger partial charge in [0.15, 0.2) is 0 Å². The molecule has 1 aromatic heterocycles. The Morgan fingerprint density at radius 3 is 2.53 bits per heavy atom. The van der Waals surface area contributed by atoms with Crippen LogP contribution in [0.3, 0.4) is 0 Å². The van der Waals surface area contributed by atoms with Gasteiger partial charge in [0.2, 0.25) is 6.61 Å². The van der Waals surface area contributed by atoms with Crippen LogP contribution >= 0.6 is 35.6 Å². The molecule has 1 heterocycles. The molecule has 0 amide bonds. The van der Waals surface area contributed by atoms with E-state index in [1.807, 2.05) is 0 Å². The Kier molecular flexibility index (Phi) is 7.43. The van der Waals surface area contributed by atoms with Crippen molar-refractivity contribution in [1.29, 1.82) is 0 Å². The maximum atomic E-state index is 11.9. The van der Waals surface area contributed by atoms with Crippen molar-refractivity contribution < 1.29 is 18.0 Å². The second kappa shape index (κ2) is 7.74. The van der Waals surface area contributed by atoms with Crippen molar-refractivity contribution in [3.63, 3.8) is 0 Å². The van der Waals surface area contributed by atoms with Crippen LogP contribution < -0.4 is 5.73 Å². The molecule has 0 spiro atoms. The van der Waals surface area contributed by atoms with Crippen molar-refractivity contribution in [3.05, 3.63) is 28.0 Å². The van der Waals surface area contributed by atoms with Gasteiger partial charge in [-0.15, -0.1) is 12.4 Å². The first-order valence-corrected chi connectivity index (χ1v) is 5.36. The lowest BCUT2D eigenvalue weighted by Crippen LogP contribution is -2.20. The van der Waals surface area contributed by atoms with Crippen LogP contribution in [0.15, 0.2) is 17.4 Å². The molecule has 0 atom stereocenters. The van der Waals surface area contributed by atoms with Gasteiger partial charge in [-0.2, -0.15) is 13.2 Å². The number of nitrogens with zero attached hydrogens (tertiary/aromatic N) is 2. The van der Waals surface area contributed by atoms with E-state index in [9.17, 15) is 13.2 Å². The number of hydrogen-bond donors (Lipinski definition) is 1. The number of rotatable bonds is 4. The Morgan fingerprint density at radius 2 is 2.05 bits per heavy atom. The van der Waals surface area contributed by atoms with E-state index in [0.717, 1.165) is 0 Å². The van der Waals surface area contributed by atoms with Gasteiger partial charge in [-0.3, -0.25) is 4.98 Å². The Hall–Kier alpha value is -0.760. The highest BCUT2D eigenvalue weighted by Crippen LogP contribution is 2.19. The molecule has 0 aromatic carbocycles. The van der Waals surface area contributed by atoms with Crippen LogP contribution in [0.1, 0.15) is 5.69 Å². The average Bonchev–Trinajstić information content (AvgIpc) is 2.24. The van der Waals surface area contributed by atoms with Crippen LogP contribution in [-0.2, 0) is 4.84 Å². The molecule has 0 unspecified atom stereocenters. The third kappa shape index (κ3) is 6.29. The van der Waals surface area contributed by atoms with Crippen LogP contribution in [0.2, 0.25) is 10.0 Å². The molecule has 4 nitrogen and oxygen atoms in total. The molecule has 0 bridgehead atoms. The first-order valence-electron chi connectivity index (χ1n) is 4.60. The Balaban J connectivity index is 0.00000324. The second-order valence-corrected chi connectivity index (χ2v) is 3.96. The number of pyridine rings is 1. The van der Waals surface area contributed by atoms with Gasteiger partial charge in [-0.05, 0) is 6.07 Å². The topological polar surface area (TPSA) is 60.5 Å². The van der Waals surface area contributed by atoms with Gasteiger partial charge < -0.3 is 10.6 Å². The van der Waals surface area contributed by atoms with E-state index in [1.165, 1.54) is 12.3 Å². The van der Waals surface area contributed by atoms with Crippen molar-refractivity contribution in [2.75, 3.05) is 13.2 Å². The van der Waals surface area contributed by atoms with E-state index in [4.69, 9.17) is 28.9 Å². The second-order valence-electron chi connectivity index (χ2n) is 3.11. The van der Waals surface area contributed by atoms with Gasteiger partial charge in [-0.25, -0.2) is 0 Å². The Bertz CT molecular complexity index is 454. The van der Waals surface area contributed by atoms with Gasteiger partial charge in [-0.1, -0.05) is 28.4 Å². The molecule has 0 fully saturated rings. The zero-order valence-electron chi connectivity index (χ0n) is 9.25. The molecule has 0 radical (unpaired) electrons. The monoisotopic (exact) mass is 337 g/mol. The number of halogens is 6. The largest absolute Gasteiger partial charge is 0.425 e. The van der Waals surface area contributed by atoms with Crippen LogP contribution in [0.25, 0.3) is 0 Å². The minimum absolute atomic E-state index is 0. The molecule has 0 saturated heterocycles. The minimum atomic E-state index is -4.47. The fraction of sp³-hybridized carbons (Fsp3) is 0.333. The maximum absolute atomic E-state index is 11.9. The fourth-order valence-corrected chi connectivity index (χ4v) is 1.48. The van der Waals surface area contributed by atoms with Gasteiger partial charge in [0.1, 0.15) is 11.4 Å². The summed E-state index contributed by atoms with van der Waals surface area (Å²) in [5.74, 6) is 0. The molecule has 2 N–H and O–H groups in total. The summed E-state index contributed by atoms with van der Waals surface area (Å²) in [5, 5.41) is 3.69. The molecule has 0 aliphatic carbocycles.